The van der Waals surface area contributed by atoms with Gasteiger partial charge in [-0.15, -0.1) is 11.3 Å². The van der Waals surface area contributed by atoms with Crippen LogP contribution in [0.3, 0.4) is 0 Å². The molecule has 2 aromatic heterocycles. The van der Waals surface area contributed by atoms with E-state index >= 15 is 0 Å². The molecule has 6 heteroatoms. The lowest BCUT2D eigenvalue weighted by Gasteiger charge is -2.13. The fourth-order valence-corrected chi connectivity index (χ4v) is 3.49. The van der Waals surface area contributed by atoms with Crippen molar-refractivity contribution in [2.75, 3.05) is 0 Å². The molecule has 0 amide bonds. The third kappa shape index (κ3) is 2.75. The van der Waals surface area contributed by atoms with E-state index in [-0.39, 0.29) is 6.04 Å². The minimum absolute atomic E-state index is 0.0543. The van der Waals surface area contributed by atoms with E-state index in [2.05, 4.69) is 48.7 Å². The van der Waals surface area contributed by atoms with Crippen LogP contribution in [0.4, 0.5) is 0 Å². The lowest BCUT2D eigenvalue weighted by Crippen LogP contribution is -2.29. The smallest absolute Gasteiger partial charge is 0.173 e. The van der Waals surface area contributed by atoms with E-state index in [9.17, 15) is 0 Å². The Balaban J connectivity index is 2.15. The molecular formula is C10H10Br2N2OS. The van der Waals surface area contributed by atoms with Gasteiger partial charge >= 0.3 is 0 Å². The fraction of sp³-hybridized carbons (Fsp3) is 0.200. The SMILES string of the molecule is NNC(Cc1cc(Br)cs1)c1ccoc1Br. The number of hydrogen-bond donors (Lipinski definition) is 2. The fourth-order valence-electron chi connectivity index (χ4n) is 1.47. The standard InChI is InChI=1S/C10H10Br2N2OS/c11-6-3-7(16-5-6)4-9(14-13)8-1-2-15-10(8)12/h1-3,5,9,14H,4,13H2. The van der Waals surface area contributed by atoms with Crippen LogP contribution in [0.5, 0.6) is 0 Å². The first kappa shape index (κ1) is 12.3. The van der Waals surface area contributed by atoms with Crippen molar-refractivity contribution >= 4 is 43.2 Å². The summed E-state index contributed by atoms with van der Waals surface area (Å²) in [6.45, 7) is 0. The second-order valence-electron chi connectivity index (χ2n) is 3.30. The number of nitrogens with two attached hydrogens (primary N) is 1. The van der Waals surface area contributed by atoms with E-state index < -0.39 is 0 Å². The highest BCUT2D eigenvalue weighted by molar-refractivity contribution is 9.10. The van der Waals surface area contributed by atoms with Crippen LogP contribution in [-0.2, 0) is 6.42 Å². The van der Waals surface area contributed by atoms with Gasteiger partial charge in [-0.05, 0) is 44.0 Å². The second-order valence-corrected chi connectivity index (χ2v) is 5.94. The van der Waals surface area contributed by atoms with E-state index in [1.807, 2.05) is 6.07 Å². The van der Waals surface area contributed by atoms with E-state index in [1.165, 1.54) is 4.88 Å². The molecule has 0 saturated heterocycles. The Hall–Kier alpha value is -0.140. The topological polar surface area (TPSA) is 51.2 Å². The van der Waals surface area contributed by atoms with Crippen molar-refractivity contribution in [1.82, 2.24) is 5.43 Å². The van der Waals surface area contributed by atoms with Gasteiger partial charge in [-0.1, -0.05) is 0 Å². The van der Waals surface area contributed by atoms with Crippen LogP contribution in [0, 0.1) is 0 Å². The molecule has 2 aromatic rings. The van der Waals surface area contributed by atoms with Crippen LogP contribution in [0.25, 0.3) is 0 Å². The lowest BCUT2D eigenvalue weighted by molar-refractivity contribution is 0.508. The monoisotopic (exact) mass is 364 g/mol. The summed E-state index contributed by atoms with van der Waals surface area (Å²) < 4.78 is 7.04. The van der Waals surface area contributed by atoms with Crippen molar-refractivity contribution in [3.05, 3.63) is 43.4 Å². The van der Waals surface area contributed by atoms with Gasteiger partial charge in [0.15, 0.2) is 4.67 Å². The maximum absolute atomic E-state index is 5.57. The van der Waals surface area contributed by atoms with E-state index in [4.69, 9.17) is 10.3 Å². The van der Waals surface area contributed by atoms with Gasteiger partial charge < -0.3 is 4.42 Å². The number of thiophene rings is 1. The van der Waals surface area contributed by atoms with Crippen LogP contribution >= 0.6 is 43.2 Å². The molecule has 0 aliphatic rings. The molecule has 0 spiro atoms. The normalized spacial score (nSPS) is 12.9. The van der Waals surface area contributed by atoms with Crippen LogP contribution in [0.2, 0.25) is 0 Å². The molecule has 1 unspecified atom stereocenters. The molecule has 3 N–H and O–H groups in total. The molecule has 3 nitrogen and oxygen atoms in total. The van der Waals surface area contributed by atoms with Crippen LogP contribution < -0.4 is 11.3 Å². The van der Waals surface area contributed by atoms with Gasteiger partial charge in [0.2, 0.25) is 0 Å². The predicted molar refractivity (Wildman–Crippen MR) is 72.2 cm³/mol. The summed E-state index contributed by atoms with van der Waals surface area (Å²) in [5, 5.41) is 2.06. The second kappa shape index (κ2) is 5.46. The van der Waals surface area contributed by atoms with Crippen molar-refractivity contribution in [2.45, 2.75) is 12.5 Å². The molecule has 0 aromatic carbocycles. The maximum atomic E-state index is 5.57. The number of rotatable bonds is 4. The number of hydrogen-bond acceptors (Lipinski definition) is 4. The first-order chi connectivity index (χ1) is 7.70. The Bertz CT molecular complexity index is 469. The molecule has 0 bridgehead atoms. The zero-order valence-electron chi connectivity index (χ0n) is 8.24. The highest BCUT2D eigenvalue weighted by Gasteiger charge is 2.16. The zero-order chi connectivity index (χ0) is 11.5. The van der Waals surface area contributed by atoms with Gasteiger partial charge in [0, 0.05) is 26.7 Å². The van der Waals surface area contributed by atoms with Crippen molar-refractivity contribution in [2.24, 2.45) is 5.84 Å². The number of hydrazine groups is 1. The summed E-state index contributed by atoms with van der Waals surface area (Å²) in [6, 6.07) is 4.07. The zero-order valence-corrected chi connectivity index (χ0v) is 12.2. The van der Waals surface area contributed by atoms with Gasteiger partial charge in [-0.25, -0.2) is 0 Å². The molecular weight excluding hydrogens is 356 g/mol. The van der Waals surface area contributed by atoms with Crippen LogP contribution in [-0.4, -0.2) is 0 Å². The largest absolute Gasteiger partial charge is 0.457 e. The Morgan fingerprint density at radius 2 is 2.31 bits per heavy atom. The summed E-state index contributed by atoms with van der Waals surface area (Å²) in [7, 11) is 0. The summed E-state index contributed by atoms with van der Waals surface area (Å²) in [5.41, 5.74) is 3.84. The van der Waals surface area contributed by atoms with E-state index in [0.29, 0.717) is 0 Å². The molecule has 2 rings (SSSR count). The van der Waals surface area contributed by atoms with Crippen molar-refractivity contribution in [3.63, 3.8) is 0 Å². The number of furan rings is 1. The van der Waals surface area contributed by atoms with Crippen LogP contribution in [0.15, 0.2) is 37.3 Å². The number of nitrogens with one attached hydrogen (secondary N) is 1. The highest BCUT2D eigenvalue weighted by atomic mass is 79.9. The van der Waals surface area contributed by atoms with E-state index in [1.54, 1.807) is 17.6 Å². The average Bonchev–Trinajstić information content (AvgIpc) is 2.84. The molecule has 86 valence electrons. The summed E-state index contributed by atoms with van der Waals surface area (Å²) in [6.07, 6.45) is 2.49. The van der Waals surface area contributed by atoms with Crippen molar-refractivity contribution in [3.8, 4) is 0 Å². The Morgan fingerprint density at radius 3 is 2.81 bits per heavy atom. The molecule has 0 radical (unpaired) electrons. The average molecular weight is 366 g/mol. The molecule has 0 aliphatic carbocycles. The van der Waals surface area contributed by atoms with Gasteiger partial charge in [0.25, 0.3) is 0 Å². The third-order valence-electron chi connectivity index (χ3n) is 2.25. The van der Waals surface area contributed by atoms with Gasteiger partial charge in [-0.3, -0.25) is 11.3 Å². The maximum Gasteiger partial charge on any atom is 0.173 e. The molecule has 0 saturated carbocycles. The van der Waals surface area contributed by atoms with Crippen LogP contribution in [0.1, 0.15) is 16.5 Å². The van der Waals surface area contributed by atoms with Crippen molar-refractivity contribution in [1.29, 1.82) is 0 Å². The van der Waals surface area contributed by atoms with E-state index in [0.717, 1.165) is 21.1 Å². The lowest BCUT2D eigenvalue weighted by atomic mass is 10.1. The third-order valence-corrected chi connectivity index (χ3v) is 4.61. The Morgan fingerprint density at radius 1 is 1.50 bits per heavy atom. The highest BCUT2D eigenvalue weighted by Crippen LogP contribution is 2.29. The van der Waals surface area contributed by atoms with Crippen molar-refractivity contribution < 1.29 is 4.42 Å². The quantitative estimate of drug-likeness (QED) is 0.642. The van der Waals surface area contributed by atoms with Gasteiger partial charge in [-0.2, -0.15) is 0 Å². The first-order valence-electron chi connectivity index (χ1n) is 4.62. The predicted octanol–water partition coefficient (Wildman–Crippen LogP) is 3.61. The molecule has 0 fully saturated rings. The Kier molecular flexibility index (Phi) is 4.21. The van der Waals surface area contributed by atoms with Gasteiger partial charge in [0.05, 0.1) is 12.3 Å². The minimum Gasteiger partial charge on any atom is -0.457 e. The Labute approximate surface area is 114 Å². The molecule has 2 heterocycles. The summed E-state index contributed by atoms with van der Waals surface area (Å²) >= 11 is 8.50. The van der Waals surface area contributed by atoms with Gasteiger partial charge in [0.1, 0.15) is 0 Å². The first-order valence-corrected chi connectivity index (χ1v) is 7.09. The molecule has 0 aliphatic heterocycles. The molecule has 1 atom stereocenters. The number of halogens is 2. The summed E-state index contributed by atoms with van der Waals surface area (Å²) in [4.78, 5) is 1.27. The minimum atomic E-state index is 0.0543. The summed E-state index contributed by atoms with van der Waals surface area (Å²) in [5.74, 6) is 5.57. The molecule has 16 heavy (non-hydrogen) atoms.